The van der Waals surface area contributed by atoms with Crippen LogP contribution in [0.4, 0.5) is 17.3 Å². The van der Waals surface area contributed by atoms with Crippen LogP contribution in [-0.4, -0.2) is 51.1 Å². The van der Waals surface area contributed by atoms with Crippen LogP contribution in [0, 0.1) is 0 Å². The molecule has 0 amide bonds. The molecule has 0 saturated heterocycles. The third-order valence-corrected chi connectivity index (χ3v) is 1.90. The number of allylic oxidation sites excluding steroid dienone is 1. The van der Waals surface area contributed by atoms with Gasteiger partial charge >= 0.3 is 7.25 Å². The van der Waals surface area contributed by atoms with Crippen LogP contribution in [0.1, 0.15) is 5.56 Å². The Balaban J connectivity index is 0.000000621. The summed E-state index contributed by atoms with van der Waals surface area (Å²) in [5.74, 6) is 0. The van der Waals surface area contributed by atoms with Crippen molar-refractivity contribution in [2.45, 2.75) is 0 Å². The lowest BCUT2D eigenvalue weighted by molar-refractivity contribution is -0.458. The van der Waals surface area contributed by atoms with Gasteiger partial charge in [0.05, 0.1) is 5.57 Å². The standard InChI is InChI=1S/C13H19N2.BF4/c1-14(2)10-13(11-15(3)4)12-8-6-5-7-9-12;2-1(3,4)5/h5-11H,1-4H3;/q+1;-1. The molecule has 0 unspecified atom stereocenters. The van der Waals surface area contributed by atoms with Crippen LogP contribution in [0.15, 0.2) is 36.5 Å². The summed E-state index contributed by atoms with van der Waals surface area (Å²) in [5, 5.41) is 0. The van der Waals surface area contributed by atoms with Crippen molar-refractivity contribution in [3.63, 3.8) is 0 Å². The fourth-order valence-electron chi connectivity index (χ4n) is 1.37. The molecule has 0 atom stereocenters. The first kappa shape index (κ1) is 18.2. The van der Waals surface area contributed by atoms with Gasteiger partial charge in [0.1, 0.15) is 14.1 Å². The molecular weight excluding hydrogens is 271 g/mol. The van der Waals surface area contributed by atoms with E-state index in [0.29, 0.717) is 0 Å². The zero-order valence-electron chi connectivity index (χ0n) is 12.0. The number of hydrogen-bond acceptors (Lipinski definition) is 1. The van der Waals surface area contributed by atoms with Crippen molar-refractivity contribution in [1.82, 2.24) is 4.90 Å². The van der Waals surface area contributed by atoms with Crippen molar-refractivity contribution in [1.29, 1.82) is 0 Å². The summed E-state index contributed by atoms with van der Waals surface area (Å²) >= 11 is 0. The van der Waals surface area contributed by atoms with E-state index in [0.717, 1.165) is 0 Å². The molecule has 2 nitrogen and oxygen atoms in total. The first-order chi connectivity index (χ1) is 9.09. The topological polar surface area (TPSA) is 6.25 Å². The lowest BCUT2D eigenvalue weighted by Crippen LogP contribution is -2.07. The summed E-state index contributed by atoms with van der Waals surface area (Å²) in [6.07, 6.45) is 4.24. The maximum Gasteiger partial charge on any atom is 0.673 e. The Bertz CT molecular complexity index is 443. The van der Waals surface area contributed by atoms with Crippen LogP contribution in [0.25, 0.3) is 5.57 Å². The van der Waals surface area contributed by atoms with Crippen molar-refractivity contribution < 1.29 is 21.8 Å². The van der Waals surface area contributed by atoms with E-state index in [9.17, 15) is 17.3 Å². The third kappa shape index (κ3) is 11.3. The van der Waals surface area contributed by atoms with E-state index >= 15 is 0 Å². The molecule has 1 aromatic carbocycles. The summed E-state index contributed by atoms with van der Waals surface area (Å²) in [6.45, 7) is 0. The Morgan fingerprint density at radius 3 is 1.85 bits per heavy atom. The van der Waals surface area contributed by atoms with Gasteiger partial charge in [-0.3, -0.25) is 0 Å². The number of benzene rings is 1. The molecule has 7 heteroatoms. The van der Waals surface area contributed by atoms with Gasteiger partial charge in [0.25, 0.3) is 0 Å². The molecule has 0 saturated carbocycles. The van der Waals surface area contributed by atoms with E-state index in [4.69, 9.17) is 0 Å². The van der Waals surface area contributed by atoms with Gasteiger partial charge in [-0.15, -0.1) is 0 Å². The highest BCUT2D eigenvalue weighted by atomic mass is 19.5. The lowest BCUT2D eigenvalue weighted by Gasteiger charge is -2.07. The van der Waals surface area contributed by atoms with Crippen molar-refractivity contribution in [2.24, 2.45) is 0 Å². The molecule has 1 aromatic rings. The molecule has 20 heavy (non-hydrogen) atoms. The van der Waals surface area contributed by atoms with Crippen molar-refractivity contribution in [3.8, 4) is 0 Å². The Labute approximate surface area is 117 Å². The van der Waals surface area contributed by atoms with Gasteiger partial charge in [0.15, 0.2) is 6.21 Å². The van der Waals surface area contributed by atoms with Crippen LogP contribution in [0.5, 0.6) is 0 Å². The number of rotatable bonds is 3. The second kappa shape index (κ2) is 8.40. The molecule has 0 spiro atoms. The van der Waals surface area contributed by atoms with Gasteiger partial charge in [-0.2, -0.15) is 0 Å². The smallest absolute Gasteiger partial charge is 0.418 e. The van der Waals surface area contributed by atoms with Crippen molar-refractivity contribution in [2.75, 3.05) is 28.2 Å². The minimum absolute atomic E-state index is 1.21. The SMILES string of the molecule is CN(C)C=C(C=[N+](C)C)c1ccccc1.F[B-](F)(F)F. The maximum atomic E-state index is 9.75. The van der Waals surface area contributed by atoms with E-state index in [1.165, 1.54) is 11.1 Å². The highest BCUT2D eigenvalue weighted by Gasteiger charge is 2.20. The molecular formula is C13H19BF4N2. The van der Waals surface area contributed by atoms with E-state index in [-0.39, 0.29) is 0 Å². The van der Waals surface area contributed by atoms with Gasteiger partial charge in [-0.1, -0.05) is 30.3 Å². The average Bonchev–Trinajstić information content (AvgIpc) is 2.26. The van der Waals surface area contributed by atoms with Crippen molar-refractivity contribution >= 4 is 19.0 Å². The van der Waals surface area contributed by atoms with Crippen LogP contribution >= 0.6 is 0 Å². The quantitative estimate of drug-likeness (QED) is 0.358. The van der Waals surface area contributed by atoms with Crippen LogP contribution in [0.3, 0.4) is 0 Å². The molecule has 112 valence electrons. The predicted octanol–water partition coefficient (Wildman–Crippen LogP) is 3.23. The van der Waals surface area contributed by atoms with E-state index in [2.05, 4.69) is 46.2 Å². The molecule has 0 aromatic heterocycles. The normalized spacial score (nSPS) is 11.3. The second-order valence-corrected chi connectivity index (χ2v) is 4.50. The Morgan fingerprint density at radius 2 is 1.50 bits per heavy atom. The molecule has 0 fully saturated rings. The third-order valence-electron chi connectivity index (χ3n) is 1.90. The summed E-state index contributed by atoms with van der Waals surface area (Å²) < 4.78 is 41.1. The van der Waals surface area contributed by atoms with Crippen LogP contribution in [0.2, 0.25) is 0 Å². The monoisotopic (exact) mass is 290 g/mol. The number of nitrogens with zero attached hydrogens (tertiary/aromatic N) is 2. The average molecular weight is 290 g/mol. The van der Waals surface area contributed by atoms with Gasteiger partial charge in [0.2, 0.25) is 0 Å². The molecule has 0 aliphatic carbocycles. The first-order valence-corrected chi connectivity index (χ1v) is 5.92. The zero-order valence-corrected chi connectivity index (χ0v) is 12.0. The molecule has 0 aliphatic rings. The molecule has 0 N–H and O–H groups in total. The van der Waals surface area contributed by atoms with Crippen LogP contribution in [-0.2, 0) is 0 Å². The van der Waals surface area contributed by atoms with E-state index in [1.807, 2.05) is 34.3 Å². The van der Waals surface area contributed by atoms with E-state index < -0.39 is 7.25 Å². The summed E-state index contributed by atoms with van der Waals surface area (Å²) in [4.78, 5) is 2.06. The zero-order chi connectivity index (χ0) is 15.8. The Hall–Kier alpha value is -1.79. The predicted molar refractivity (Wildman–Crippen MR) is 76.5 cm³/mol. The van der Waals surface area contributed by atoms with Gasteiger partial charge in [-0.05, 0) is 5.56 Å². The summed E-state index contributed by atoms with van der Waals surface area (Å²) in [6, 6.07) is 10.4. The highest BCUT2D eigenvalue weighted by Crippen LogP contribution is 2.11. The second-order valence-electron chi connectivity index (χ2n) is 4.50. The summed E-state index contributed by atoms with van der Waals surface area (Å²) in [7, 11) is 2.14. The van der Waals surface area contributed by atoms with E-state index in [1.54, 1.807) is 0 Å². The van der Waals surface area contributed by atoms with Gasteiger partial charge in [-0.25, -0.2) is 4.58 Å². The van der Waals surface area contributed by atoms with Gasteiger partial charge in [0, 0.05) is 20.3 Å². The van der Waals surface area contributed by atoms with Gasteiger partial charge < -0.3 is 22.2 Å². The Morgan fingerprint density at radius 1 is 1.05 bits per heavy atom. The number of halogens is 4. The largest absolute Gasteiger partial charge is 0.673 e. The molecule has 0 aliphatic heterocycles. The molecule has 0 bridgehead atoms. The first-order valence-electron chi connectivity index (χ1n) is 5.92. The molecule has 0 radical (unpaired) electrons. The Kier molecular flexibility index (Phi) is 7.65. The van der Waals surface area contributed by atoms with Crippen molar-refractivity contribution in [3.05, 3.63) is 42.1 Å². The number of hydrogen-bond donors (Lipinski definition) is 0. The summed E-state index contributed by atoms with van der Waals surface area (Å²) in [5.41, 5.74) is 2.45. The minimum atomic E-state index is -6.00. The fraction of sp³-hybridized carbons (Fsp3) is 0.308. The van der Waals surface area contributed by atoms with Crippen LogP contribution < -0.4 is 0 Å². The highest BCUT2D eigenvalue weighted by molar-refractivity contribution is 6.50. The lowest BCUT2D eigenvalue weighted by atomic mass is 10.1. The fourth-order valence-corrected chi connectivity index (χ4v) is 1.37. The molecule has 1 rings (SSSR count). The maximum absolute atomic E-state index is 9.75. The minimum Gasteiger partial charge on any atom is -0.418 e. The molecule has 0 heterocycles.